The molecular weight excluding hydrogens is 232 g/mol. The van der Waals surface area contributed by atoms with Gasteiger partial charge in [0.05, 0.1) is 6.61 Å². The third-order valence-corrected chi connectivity index (χ3v) is 2.07. The summed E-state index contributed by atoms with van der Waals surface area (Å²) in [5.41, 5.74) is 0.721. The van der Waals surface area contributed by atoms with E-state index < -0.39 is 0 Å². The Morgan fingerprint density at radius 3 is 2.83 bits per heavy atom. The highest BCUT2D eigenvalue weighted by atomic mass is 16.5. The number of carbonyl (C=O) groups is 1. The summed E-state index contributed by atoms with van der Waals surface area (Å²) in [6.07, 6.45) is 9.57. The molecule has 0 radical (unpaired) electrons. The number of hydrogen-bond donors (Lipinski definition) is 0. The van der Waals surface area contributed by atoms with Crippen molar-refractivity contribution in [2.45, 2.75) is 6.92 Å². The summed E-state index contributed by atoms with van der Waals surface area (Å²) < 4.78 is 6.32. The molecule has 0 bridgehead atoms. The maximum atomic E-state index is 11.1. The Bertz CT molecular complexity index is 532. The molecule has 6 heteroatoms. The lowest BCUT2D eigenvalue weighted by atomic mass is 10.3. The van der Waals surface area contributed by atoms with Gasteiger partial charge in [0.2, 0.25) is 5.95 Å². The standard InChI is InChI=1S/C12H12N4O2/c1-2-18-11(17)5-4-10-8-13-12(14-9-10)16-7-3-6-15-16/h3-9H,2H2,1H3/b5-4+. The molecular formula is C12H12N4O2. The minimum Gasteiger partial charge on any atom is -0.463 e. The van der Waals surface area contributed by atoms with E-state index in [0.717, 1.165) is 5.56 Å². The van der Waals surface area contributed by atoms with Gasteiger partial charge < -0.3 is 4.74 Å². The largest absolute Gasteiger partial charge is 0.463 e. The molecule has 0 N–H and O–H groups in total. The maximum absolute atomic E-state index is 11.1. The van der Waals surface area contributed by atoms with E-state index in [1.165, 1.54) is 6.08 Å². The molecule has 0 aliphatic carbocycles. The number of rotatable bonds is 4. The van der Waals surface area contributed by atoms with Crippen LogP contribution in [0.4, 0.5) is 0 Å². The first-order valence-corrected chi connectivity index (χ1v) is 5.46. The first-order valence-electron chi connectivity index (χ1n) is 5.46. The second-order valence-corrected chi connectivity index (χ2v) is 3.35. The van der Waals surface area contributed by atoms with Crippen molar-refractivity contribution in [3.63, 3.8) is 0 Å². The smallest absolute Gasteiger partial charge is 0.330 e. The van der Waals surface area contributed by atoms with Crippen LogP contribution < -0.4 is 0 Å². The molecule has 0 unspecified atom stereocenters. The lowest BCUT2D eigenvalue weighted by Gasteiger charge is -1.99. The molecule has 2 heterocycles. The molecule has 0 aromatic carbocycles. The highest BCUT2D eigenvalue weighted by molar-refractivity contribution is 5.86. The molecule has 0 amide bonds. The van der Waals surface area contributed by atoms with Gasteiger partial charge in [-0.3, -0.25) is 0 Å². The van der Waals surface area contributed by atoms with E-state index in [1.54, 1.807) is 48.5 Å². The van der Waals surface area contributed by atoms with Gasteiger partial charge in [-0.1, -0.05) is 0 Å². The van der Waals surface area contributed by atoms with E-state index in [4.69, 9.17) is 4.74 Å². The van der Waals surface area contributed by atoms with Gasteiger partial charge in [-0.15, -0.1) is 0 Å². The molecule has 6 nitrogen and oxygen atoms in total. The Morgan fingerprint density at radius 2 is 2.22 bits per heavy atom. The number of nitrogens with zero attached hydrogens (tertiary/aromatic N) is 4. The van der Waals surface area contributed by atoms with Gasteiger partial charge in [0.25, 0.3) is 0 Å². The molecule has 2 rings (SSSR count). The van der Waals surface area contributed by atoms with E-state index in [9.17, 15) is 4.79 Å². The normalized spacial score (nSPS) is 10.7. The molecule has 18 heavy (non-hydrogen) atoms. The van der Waals surface area contributed by atoms with Crippen molar-refractivity contribution < 1.29 is 9.53 Å². The van der Waals surface area contributed by atoms with Gasteiger partial charge in [0.15, 0.2) is 0 Å². The Balaban J connectivity index is 2.06. The molecule has 0 aliphatic heterocycles. The second-order valence-electron chi connectivity index (χ2n) is 3.35. The van der Waals surface area contributed by atoms with Crippen LogP contribution in [0.25, 0.3) is 12.0 Å². The molecule has 0 aliphatic rings. The highest BCUT2D eigenvalue weighted by Crippen LogP contribution is 2.02. The van der Waals surface area contributed by atoms with E-state index in [-0.39, 0.29) is 5.97 Å². The van der Waals surface area contributed by atoms with Gasteiger partial charge in [0, 0.05) is 36.4 Å². The second kappa shape index (κ2) is 5.72. The van der Waals surface area contributed by atoms with Gasteiger partial charge >= 0.3 is 5.97 Å². The third-order valence-electron chi connectivity index (χ3n) is 2.07. The van der Waals surface area contributed by atoms with Crippen molar-refractivity contribution in [2.75, 3.05) is 6.61 Å². The van der Waals surface area contributed by atoms with Gasteiger partial charge in [-0.05, 0) is 19.1 Å². The Kier molecular flexibility index (Phi) is 3.80. The minimum absolute atomic E-state index is 0.359. The monoisotopic (exact) mass is 244 g/mol. The Labute approximate surface area is 104 Å². The van der Waals surface area contributed by atoms with Gasteiger partial charge in [-0.25, -0.2) is 19.4 Å². The van der Waals surface area contributed by atoms with Gasteiger partial charge in [-0.2, -0.15) is 5.10 Å². The average molecular weight is 244 g/mol. The van der Waals surface area contributed by atoms with E-state index in [2.05, 4.69) is 15.1 Å². The first kappa shape index (κ1) is 12.0. The summed E-state index contributed by atoms with van der Waals surface area (Å²) in [5.74, 6) is 0.0990. The molecule has 0 atom stereocenters. The van der Waals surface area contributed by atoms with Crippen LogP contribution in [0.15, 0.2) is 36.9 Å². The molecule has 0 saturated carbocycles. The van der Waals surface area contributed by atoms with Crippen LogP contribution in [0.1, 0.15) is 12.5 Å². The van der Waals surface area contributed by atoms with Crippen LogP contribution in [-0.4, -0.2) is 32.3 Å². The summed E-state index contributed by atoms with van der Waals surface area (Å²) in [4.78, 5) is 19.4. The van der Waals surface area contributed by atoms with Crippen molar-refractivity contribution in [1.82, 2.24) is 19.7 Å². The zero-order valence-corrected chi connectivity index (χ0v) is 9.85. The molecule has 0 spiro atoms. The Hall–Kier alpha value is -2.50. The zero-order valence-electron chi connectivity index (χ0n) is 9.85. The topological polar surface area (TPSA) is 69.9 Å². The summed E-state index contributed by atoms with van der Waals surface area (Å²) in [5, 5.41) is 4.01. The van der Waals surface area contributed by atoms with Crippen LogP contribution in [-0.2, 0) is 9.53 Å². The lowest BCUT2D eigenvalue weighted by molar-refractivity contribution is -0.137. The first-order chi connectivity index (χ1) is 8.79. The molecule has 0 saturated heterocycles. The summed E-state index contributed by atoms with van der Waals surface area (Å²) in [7, 11) is 0. The summed E-state index contributed by atoms with van der Waals surface area (Å²) >= 11 is 0. The molecule has 0 fully saturated rings. The van der Waals surface area contributed by atoms with Crippen LogP contribution in [0.3, 0.4) is 0 Å². The third kappa shape index (κ3) is 3.00. The van der Waals surface area contributed by atoms with Crippen molar-refractivity contribution in [2.24, 2.45) is 0 Å². The fourth-order valence-corrected chi connectivity index (χ4v) is 1.28. The lowest BCUT2D eigenvalue weighted by Crippen LogP contribution is -2.01. The highest BCUT2D eigenvalue weighted by Gasteiger charge is 1.99. The number of aromatic nitrogens is 4. The van der Waals surface area contributed by atoms with Crippen LogP contribution in [0, 0.1) is 0 Å². The van der Waals surface area contributed by atoms with Crippen molar-refractivity contribution >= 4 is 12.0 Å². The van der Waals surface area contributed by atoms with Crippen LogP contribution in [0.2, 0.25) is 0 Å². The van der Waals surface area contributed by atoms with Crippen molar-refractivity contribution in [1.29, 1.82) is 0 Å². The number of ether oxygens (including phenoxy) is 1. The quantitative estimate of drug-likeness (QED) is 0.597. The number of esters is 1. The average Bonchev–Trinajstić information content (AvgIpc) is 2.91. The molecule has 92 valence electrons. The summed E-state index contributed by atoms with van der Waals surface area (Å²) in [6, 6.07) is 1.79. The minimum atomic E-state index is -0.381. The zero-order chi connectivity index (χ0) is 12.8. The Morgan fingerprint density at radius 1 is 1.44 bits per heavy atom. The predicted molar refractivity (Wildman–Crippen MR) is 64.8 cm³/mol. The van der Waals surface area contributed by atoms with E-state index in [1.807, 2.05) is 0 Å². The predicted octanol–water partition coefficient (Wildman–Crippen LogP) is 1.24. The van der Waals surface area contributed by atoms with Gasteiger partial charge in [0.1, 0.15) is 0 Å². The molecule has 2 aromatic heterocycles. The fraction of sp³-hybridized carbons (Fsp3) is 0.167. The van der Waals surface area contributed by atoms with E-state index >= 15 is 0 Å². The molecule has 2 aromatic rings. The van der Waals surface area contributed by atoms with Crippen molar-refractivity contribution in [3.8, 4) is 5.95 Å². The van der Waals surface area contributed by atoms with E-state index in [0.29, 0.717) is 12.6 Å². The maximum Gasteiger partial charge on any atom is 0.330 e. The van der Waals surface area contributed by atoms with Crippen molar-refractivity contribution in [3.05, 3.63) is 42.5 Å². The fourth-order valence-electron chi connectivity index (χ4n) is 1.28. The summed E-state index contributed by atoms with van der Waals surface area (Å²) in [6.45, 7) is 2.12. The van der Waals surface area contributed by atoms with Crippen LogP contribution in [0.5, 0.6) is 0 Å². The number of carbonyl (C=O) groups excluding carboxylic acids is 1. The van der Waals surface area contributed by atoms with Crippen LogP contribution >= 0.6 is 0 Å². The number of hydrogen-bond acceptors (Lipinski definition) is 5. The SMILES string of the molecule is CCOC(=O)/C=C/c1cnc(-n2cccn2)nc1.